The van der Waals surface area contributed by atoms with Crippen LogP contribution in [0.2, 0.25) is 5.02 Å². The van der Waals surface area contributed by atoms with Gasteiger partial charge in [0.2, 0.25) is 0 Å². The van der Waals surface area contributed by atoms with Crippen molar-refractivity contribution in [2.75, 3.05) is 0 Å². The fourth-order valence-corrected chi connectivity index (χ4v) is 1.79. The molecule has 0 saturated carbocycles. The smallest absolute Gasteiger partial charge is 0.0409 e. The molecule has 1 rings (SSSR count). The molecule has 2 N–H and O–H groups in total. The minimum Gasteiger partial charge on any atom is -0.327 e. The molecule has 0 amide bonds. The van der Waals surface area contributed by atoms with Gasteiger partial charge in [0.15, 0.2) is 0 Å². The number of halogens is 2. The Hall–Kier alpha value is -0.0500. The van der Waals surface area contributed by atoms with Crippen molar-refractivity contribution >= 4 is 27.5 Å². The van der Waals surface area contributed by atoms with Gasteiger partial charge in [0, 0.05) is 15.5 Å². The van der Waals surface area contributed by atoms with E-state index in [4.69, 9.17) is 17.3 Å². The van der Waals surface area contributed by atoms with E-state index in [9.17, 15) is 0 Å². The number of benzene rings is 1. The summed E-state index contributed by atoms with van der Waals surface area (Å²) in [6, 6.07) is 5.99. The van der Waals surface area contributed by atoms with Crippen molar-refractivity contribution in [2.24, 2.45) is 11.7 Å². The maximum atomic E-state index is 6.00. The van der Waals surface area contributed by atoms with Gasteiger partial charge in [0.05, 0.1) is 0 Å². The lowest BCUT2D eigenvalue weighted by Gasteiger charge is -2.16. The third kappa shape index (κ3) is 3.26. The monoisotopic (exact) mass is 275 g/mol. The van der Waals surface area contributed by atoms with Gasteiger partial charge >= 0.3 is 0 Å². The molecule has 3 heteroatoms. The van der Waals surface area contributed by atoms with E-state index in [2.05, 4.69) is 29.8 Å². The van der Waals surface area contributed by atoms with E-state index < -0.39 is 0 Å². The van der Waals surface area contributed by atoms with Crippen LogP contribution in [0, 0.1) is 5.92 Å². The zero-order valence-electron chi connectivity index (χ0n) is 8.43. The molecule has 0 aliphatic rings. The standard InChI is InChI=1S/C11H15BrClN/c1-7(2)11(14)6-8-5-9(13)3-4-10(8)12/h3-5,7,11H,6,14H2,1-2H3. The normalized spacial score (nSPS) is 13.3. The molecule has 1 nitrogen and oxygen atoms in total. The van der Waals surface area contributed by atoms with Gasteiger partial charge in [-0.1, -0.05) is 41.4 Å². The Kier molecular flexibility index (Phi) is 4.42. The average molecular weight is 277 g/mol. The van der Waals surface area contributed by atoms with Gasteiger partial charge in [-0.15, -0.1) is 0 Å². The highest BCUT2D eigenvalue weighted by Gasteiger charge is 2.10. The number of hydrogen-bond acceptors (Lipinski definition) is 1. The molecule has 0 spiro atoms. The van der Waals surface area contributed by atoms with Gasteiger partial charge in [0.25, 0.3) is 0 Å². The molecule has 0 saturated heterocycles. The Morgan fingerprint density at radius 3 is 2.64 bits per heavy atom. The minimum absolute atomic E-state index is 0.185. The minimum atomic E-state index is 0.185. The molecule has 0 aliphatic heterocycles. The van der Waals surface area contributed by atoms with Gasteiger partial charge < -0.3 is 5.73 Å². The van der Waals surface area contributed by atoms with Crippen LogP contribution in [0.1, 0.15) is 19.4 Å². The van der Waals surface area contributed by atoms with Crippen molar-refractivity contribution in [3.05, 3.63) is 33.3 Å². The molecule has 0 fully saturated rings. The first-order chi connectivity index (χ1) is 6.50. The van der Waals surface area contributed by atoms with Crippen LogP contribution >= 0.6 is 27.5 Å². The van der Waals surface area contributed by atoms with E-state index in [0.29, 0.717) is 5.92 Å². The molecular weight excluding hydrogens is 261 g/mol. The molecule has 0 aliphatic carbocycles. The highest BCUT2D eigenvalue weighted by atomic mass is 79.9. The zero-order chi connectivity index (χ0) is 10.7. The SMILES string of the molecule is CC(C)C(N)Cc1cc(Cl)ccc1Br. The van der Waals surface area contributed by atoms with Crippen molar-refractivity contribution in [3.63, 3.8) is 0 Å². The molecule has 1 aromatic carbocycles. The van der Waals surface area contributed by atoms with E-state index in [-0.39, 0.29) is 6.04 Å². The van der Waals surface area contributed by atoms with Crippen LogP contribution in [0.15, 0.2) is 22.7 Å². The first kappa shape index (κ1) is 12.0. The van der Waals surface area contributed by atoms with Crippen molar-refractivity contribution < 1.29 is 0 Å². The van der Waals surface area contributed by atoms with Crippen LogP contribution in [0.3, 0.4) is 0 Å². The van der Waals surface area contributed by atoms with Crippen LogP contribution in [0.25, 0.3) is 0 Å². The molecule has 1 atom stereocenters. The molecule has 14 heavy (non-hydrogen) atoms. The van der Waals surface area contributed by atoms with Gasteiger partial charge in [-0.3, -0.25) is 0 Å². The largest absolute Gasteiger partial charge is 0.327 e. The second kappa shape index (κ2) is 5.15. The Balaban J connectivity index is 2.80. The van der Waals surface area contributed by atoms with Gasteiger partial charge in [-0.05, 0) is 36.1 Å². The first-order valence-corrected chi connectivity index (χ1v) is 5.87. The fraction of sp³-hybridized carbons (Fsp3) is 0.455. The maximum absolute atomic E-state index is 6.00. The van der Waals surface area contributed by atoms with Crippen LogP contribution in [-0.4, -0.2) is 6.04 Å². The summed E-state index contributed by atoms with van der Waals surface area (Å²) in [5.74, 6) is 0.487. The molecule has 0 bridgehead atoms. The van der Waals surface area contributed by atoms with E-state index in [1.165, 1.54) is 5.56 Å². The highest BCUT2D eigenvalue weighted by Crippen LogP contribution is 2.23. The van der Waals surface area contributed by atoms with Crippen LogP contribution in [-0.2, 0) is 6.42 Å². The van der Waals surface area contributed by atoms with E-state index in [1.807, 2.05) is 18.2 Å². The predicted octanol–water partition coefficient (Wildman–Crippen LogP) is 3.63. The average Bonchev–Trinajstić information content (AvgIpc) is 2.11. The number of rotatable bonds is 3. The zero-order valence-corrected chi connectivity index (χ0v) is 10.8. The highest BCUT2D eigenvalue weighted by molar-refractivity contribution is 9.10. The lowest BCUT2D eigenvalue weighted by Crippen LogP contribution is -2.28. The summed E-state index contributed by atoms with van der Waals surface area (Å²) in [5, 5.41) is 0.763. The topological polar surface area (TPSA) is 26.0 Å². The number of hydrogen-bond donors (Lipinski definition) is 1. The van der Waals surface area contributed by atoms with Crippen LogP contribution in [0.5, 0.6) is 0 Å². The van der Waals surface area contributed by atoms with Gasteiger partial charge in [0.1, 0.15) is 0 Å². The number of nitrogens with two attached hydrogens (primary N) is 1. The summed E-state index contributed by atoms with van der Waals surface area (Å²) in [4.78, 5) is 0. The molecule has 1 unspecified atom stereocenters. The van der Waals surface area contributed by atoms with E-state index in [0.717, 1.165) is 15.9 Å². The lowest BCUT2D eigenvalue weighted by molar-refractivity contribution is 0.490. The summed E-state index contributed by atoms with van der Waals surface area (Å²) in [7, 11) is 0. The Morgan fingerprint density at radius 1 is 1.43 bits per heavy atom. The summed E-state index contributed by atoms with van der Waals surface area (Å²) in [6.07, 6.45) is 0.860. The molecule has 0 heterocycles. The fourth-order valence-electron chi connectivity index (χ4n) is 1.19. The second-order valence-electron chi connectivity index (χ2n) is 3.85. The molecule has 78 valence electrons. The quantitative estimate of drug-likeness (QED) is 0.896. The summed E-state index contributed by atoms with van der Waals surface area (Å²) < 4.78 is 1.08. The van der Waals surface area contributed by atoms with Crippen molar-refractivity contribution in [1.82, 2.24) is 0 Å². The maximum Gasteiger partial charge on any atom is 0.0409 e. The third-order valence-corrected chi connectivity index (χ3v) is 3.33. The lowest BCUT2D eigenvalue weighted by atomic mass is 9.97. The van der Waals surface area contributed by atoms with Crippen molar-refractivity contribution in [2.45, 2.75) is 26.3 Å². The Bertz CT molecular complexity index is 312. The van der Waals surface area contributed by atoms with Gasteiger partial charge in [-0.2, -0.15) is 0 Å². The first-order valence-electron chi connectivity index (χ1n) is 4.70. The third-order valence-electron chi connectivity index (χ3n) is 2.32. The summed E-state index contributed by atoms with van der Waals surface area (Å²) in [5.41, 5.74) is 7.18. The van der Waals surface area contributed by atoms with Crippen molar-refractivity contribution in [1.29, 1.82) is 0 Å². The summed E-state index contributed by atoms with van der Waals surface area (Å²) in [6.45, 7) is 4.26. The Labute approximate surface area is 98.8 Å². The second-order valence-corrected chi connectivity index (χ2v) is 5.14. The molecule has 1 aromatic rings. The van der Waals surface area contributed by atoms with Crippen molar-refractivity contribution in [3.8, 4) is 0 Å². The van der Waals surface area contributed by atoms with Gasteiger partial charge in [-0.25, -0.2) is 0 Å². The van der Waals surface area contributed by atoms with E-state index in [1.54, 1.807) is 0 Å². The predicted molar refractivity (Wildman–Crippen MR) is 65.7 cm³/mol. The van der Waals surface area contributed by atoms with Crippen LogP contribution < -0.4 is 5.73 Å². The van der Waals surface area contributed by atoms with E-state index >= 15 is 0 Å². The molecule has 0 aromatic heterocycles. The summed E-state index contributed by atoms with van der Waals surface area (Å²) >= 11 is 9.41. The molecular formula is C11H15BrClN. The Morgan fingerprint density at radius 2 is 2.07 bits per heavy atom. The molecule has 0 radical (unpaired) electrons. The van der Waals surface area contributed by atoms with Crippen LogP contribution in [0.4, 0.5) is 0 Å².